The normalized spacial score (nSPS) is 8.96. The summed E-state index contributed by atoms with van der Waals surface area (Å²) in [5, 5.41) is 32.1. The van der Waals surface area contributed by atoms with Crippen molar-refractivity contribution in [3.63, 3.8) is 0 Å². The number of para-hydroxylation sites is 1. The molecule has 4 N–H and O–H groups in total. The third kappa shape index (κ3) is 229. The predicted molar refractivity (Wildman–Crippen MR) is 296 cm³/mol. The zero-order valence-corrected chi connectivity index (χ0v) is 50.2. The number of esters is 4. The van der Waals surface area contributed by atoms with Crippen LogP contribution in [0.3, 0.4) is 0 Å². The molecule has 0 bridgehead atoms. The fourth-order valence-electron chi connectivity index (χ4n) is 2.63. The zero-order valence-electron chi connectivity index (χ0n) is 50.2. The predicted octanol–water partition coefficient (Wildman–Crippen LogP) is 12.6. The monoisotopic (exact) mass is 1040 g/mol. The quantitative estimate of drug-likeness (QED) is 0.0643. The van der Waals surface area contributed by atoms with Crippen molar-refractivity contribution in [2.45, 2.75) is 235 Å². The maximum atomic E-state index is 10.1. The number of ether oxygens (including phenoxy) is 5. The fraction of sp³-hybridized carbons (Fsp3) is 0.768. The number of Topliss-reactive ketones (excluding diaryl/α,β-unsaturated/α-hetero) is 2. The topological polar surface area (TPSA) is 247 Å². The number of unbranched alkanes of at least 4 members (excludes halogenated alkanes) is 6. The lowest BCUT2D eigenvalue weighted by Crippen LogP contribution is -2.06. The SMILES string of the molecule is CC(=O)O.CC(=O)OC(C)C.CC(=O)OCC(C)C.CC(C)=O.CC(C)CCO.CCC(C)=O.CCC(C)O.CCCCCCC.CCCCO.CCCCOC(C)=O.COC(C)=O.COc1ccccc1. The van der Waals surface area contributed by atoms with Gasteiger partial charge in [-0.15, -0.1) is 0 Å². The summed E-state index contributed by atoms with van der Waals surface area (Å²) in [5.41, 5.74) is 0. The number of aliphatic carboxylic acids is 1. The van der Waals surface area contributed by atoms with Gasteiger partial charge < -0.3 is 53.7 Å². The summed E-state index contributed by atoms with van der Waals surface area (Å²) in [4.78, 5) is 68.1. The highest BCUT2D eigenvalue weighted by Gasteiger charge is 1.95. The van der Waals surface area contributed by atoms with Crippen LogP contribution in [0.5, 0.6) is 5.75 Å². The van der Waals surface area contributed by atoms with E-state index in [0.29, 0.717) is 44.7 Å². The van der Waals surface area contributed by atoms with Crippen molar-refractivity contribution in [3.8, 4) is 5.75 Å². The standard InChI is InChI=1S/C7H8O.C7H16.2C6H12O2.C5H10O2.C5H12O.C4H10O.C4H8O.C4H10O.C3H6O2.C3H6O.C2H4O2/c1-8-7-5-3-2-4-6-7;1-3-5-7-6-4-2;1-5(2)4-8-6(3)7;1-3-4-5-8-6(2)7;1-4(2)7-5(3)6;1-5(2)3-4-6;2*1-3-4(2)5;1-2-3-4-5;1-3(4)5-2;1-3(2)4;1-2(3)4/h2-6H,1H3;3-7H2,1-2H3;5H,4H2,1-3H3;3-5H2,1-2H3;4H,1-3H3;5-6H,3-4H2,1-2H3;4-5H,3H2,1-2H3;3H2,1-2H3;5H,2-4H2,1H3;1-2H3;1-2H3;1H3,(H,3,4). The highest BCUT2D eigenvalue weighted by Crippen LogP contribution is 2.05. The summed E-state index contributed by atoms with van der Waals surface area (Å²) in [6.45, 7) is 39.1. The summed E-state index contributed by atoms with van der Waals surface area (Å²) >= 11 is 0. The summed E-state index contributed by atoms with van der Waals surface area (Å²) in [6, 6.07) is 9.68. The smallest absolute Gasteiger partial charge is 0.302 e. The molecule has 0 spiro atoms. The van der Waals surface area contributed by atoms with E-state index in [9.17, 15) is 28.8 Å². The molecular weight excluding hydrogens is 929 g/mol. The van der Waals surface area contributed by atoms with Gasteiger partial charge >= 0.3 is 23.9 Å². The molecule has 0 heterocycles. The van der Waals surface area contributed by atoms with Gasteiger partial charge in [-0.25, -0.2) is 0 Å². The highest BCUT2D eigenvalue weighted by molar-refractivity contribution is 5.75. The molecule has 0 amide bonds. The lowest BCUT2D eigenvalue weighted by molar-refractivity contribution is -0.145. The van der Waals surface area contributed by atoms with Gasteiger partial charge in [-0.05, 0) is 91.2 Å². The largest absolute Gasteiger partial charge is 0.497 e. The van der Waals surface area contributed by atoms with Gasteiger partial charge in [-0.3, -0.25) is 24.0 Å². The number of carbonyl (C=O) groups is 7. The van der Waals surface area contributed by atoms with Gasteiger partial charge in [0, 0.05) is 54.3 Å². The molecule has 0 aliphatic carbocycles. The number of rotatable bonds is 17. The first-order chi connectivity index (χ1) is 33.3. The Kier molecular flexibility index (Phi) is 112. The van der Waals surface area contributed by atoms with E-state index in [-0.39, 0.29) is 47.7 Å². The van der Waals surface area contributed by atoms with Gasteiger partial charge in [0.15, 0.2) is 0 Å². The van der Waals surface area contributed by atoms with Crippen LogP contribution in [0, 0.1) is 11.8 Å². The molecule has 1 unspecified atom stereocenters. The van der Waals surface area contributed by atoms with Gasteiger partial charge in [0.25, 0.3) is 5.97 Å². The van der Waals surface area contributed by atoms with Gasteiger partial charge in [-0.1, -0.05) is 132 Å². The van der Waals surface area contributed by atoms with E-state index in [1.54, 1.807) is 21.0 Å². The van der Waals surface area contributed by atoms with Crippen molar-refractivity contribution in [2.75, 3.05) is 40.6 Å². The lowest BCUT2D eigenvalue weighted by atomic mass is 10.2. The number of hydrogen-bond donors (Lipinski definition) is 4. The Hall–Kier alpha value is -4.41. The maximum absolute atomic E-state index is 10.1. The second-order valence-corrected chi connectivity index (χ2v) is 16.5. The third-order valence-corrected chi connectivity index (χ3v) is 6.61. The number of ketones is 2. The molecule has 0 saturated heterocycles. The van der Waals surface area contributed by atoms with Crippen molar-refractivity contribution in [3.05, 3.63) is 30.3 Å². The second-order valence-electron chi connectivity index (χ2n) is 16.5. The number of carboxylic acids is 1. The second kappa shape index (κ2) is 86.4. The number of benzene rings is 1. The van der Waals surface area contributed by atoms with Gasteiger partial charge in [-0.2, -0.15) is 0 Å². The number of carboxylic acid groups (broad SMARTS) is 1. The molecule has 1 rings (SSSR count). The van der Waals surface area contributed by atoms with Crippen LogP contribution in [0.2, 0.25) is 0 Å². The molecule has 1 aromatic carbocycles. The number of aliphatic hydroxyl groups excluding tert-OH is 3. The summed E-state index contributed by atoms with van der Waals surface area (Å²) in [5.74, 6) is 0.753. The first-order valence-electron chi connectivity index (χ1n) is 25.5. The van der Waals surface area contributed by atoms with Crippen LogP contribution in [0.4, 0.5) is 0 Å². The maximum Gasteiger partial charge on any atom is 0.302 e. The molecule has 0 fully saturated rings. The average molecular weight is 1040 g/mol. The van der Waals surface area contributed by atoms with Crippen LogP contribution >= 0.6 is 0 Å². The molecule has 0 radical (unpaired) electrons. The molecular formula is C56H114O16. The highest BCUT2D eigenvalue weighted by atomic mass is 16.5. The molecule has 434 valence electrons. The molecule has 16 heteroatoms. The van der Waals surface area contributed by atoms with E-state index < -0.39 is 5.97 Å². The Balaban J connectivity index is -0.0000000631. The van der Waals surface area contributed by atoms with Crippen LogP contribution in [0.1, 0.15) is 222 Å². The fourth-order valence-corrected chi connectivity index (χ4v) is 2.63. The Morgan fingerprint density at radius 1 is 0.542 bits per heavy atom. The Morgan fingerprint density at radius 3 is 1.03 bits per heavy atom. The van der Waals surface area contributed by atoms with E-state index >= 15 is 0 Å². The minimum atomic E-state index is -0.833. The number of methoxy groups -OCH3 is 2. The molecule has 0 aliphatic heterocycles. The minimum absolute atomic E-state index is 0.0255. The van der Waals surface area contributed by atoms with Crippen molar-refractivity contribution in [1.29, 1.82) is 0 Å². The van der Waals surface area contributed by atoms with Gasteiger partial charge in [0.2, 0.25) is 0 Å². The lowest BCUT2D eigenvalue weighted by Gasteiger charge is -2.02. The Morgan fingerprint density at radius 2 is 0.903 bits per heavy atom. The van der Waals surface area contributed by atoms with E-state index in [4.69, 9.17) is 30.0 Å². The van der Waals surface area contributed by atoms with Gasteiger partial charge in [0.05, 0.1) is 39.6 Å². The first-order valence-corrected chi connectivity index (χ1v) is 25.5. The van der Waals surface area contributed by atoms with Crippen molar-refractivity contribution >= 4 is 41.4 Å². The summed E-state index contributed by atoms with van der Waals surface area (Å²) in [7, 11) is 3.01. The number of hydrogen-bond acceptors (Lipinski definition) is 15. The van der Waals surface area contributed by atoms with Crippen LogP contribution in [0.25, 0.3) is 0 Å². The molecule has 0 saturated carbocycles. The van der Waals surface area contributed by atoms with Crippen molar-refractivity contribution in [1.82, 2.24) is 0 Å². The van der Waals surface area contributed by atoms with Gasteiger partial charge in [0.1, 0.15) is 17.3 Å². The number of carbonyl (C=O) groups excluding carboxylic acids is 6. The van der Waals surface area contributed by atoms with E-state index in [1.807, 2.05) is 71.9 Å². The minimum Gasteiger partial charge on any atom is -0.497 e. The first kappa shape index (κ1) is 93.6. The molecule has 0 aliphatic rings. The Bertz CT molecular complexity index is 1180. The van der Waals surface area contributed by atoms with Crippen LogP contribution in [-0.2, 0) is 52.5 Å². The van der Waals surface area contributed by atoms with Crippen LogP contribution < -0.4 is 4.74 Å². The van der Waals surface area contributed by atoms with E-state index in [0.717, 1.165) is 51.2 Å². The number of aliphatic hydroxyl groups is 3. The summed E-state index contributed by atoms with van der Waals surface area (Å²) < 4.78 is 22.9. The average Bonchev–Trinajstić information content (AvgIpc) is 3.27. The van der Waals surface area contributed by atoms with Crippen molar-refractivity contribution < 1.29 is 77.7 Å². The summed E-state index contributed by atoms with van der Waals surface area (Å²) in [6.07, 6.45) is 13.5. The zero-order chi connectivity index (χ0) is 59.3. The molecule has 1 atom stereocenters. The van der Waals surface area contributed by atoms with Crippen LogP contribution in [-0.4, -0.2) is 115 Å². The van der Waals surface area contributed by atoms with Crippen molar-refractivity contribution in [2.24, 2.45) is 11.8 Å². The molecule has 0 aromatic heterocycles. The molecule has 72 heavy (non-hydrogen) atoms. The van der Waals surface area contributed by atoms with E-state index in [1.165, 1.54) is 80.8 Å². The molecule has 1 aromatic rings. The Labute approximate surface area is 441 Å². The third-order valence-electron chi connectivity index (χ3n) is 6.61. The van der Waals surface area contributed by atoms with Crippen LogP contribution in [0.15, 0.2) is 30.3 Å². The van der Waals surface area contributed by atoms with E-state index in [2.05, 4.69) is 60.5 Å². The molecule has 16 nitrogen and oxygen atoms in total.